The molecule has 0 fully saturated rings. The Balaban J connectivity index is 2.18. The summed E-state index contributed by atoms with van der Waals surface area (Å²) in [4.78, 5) is 11.9. The molecule has 0 saturated carbocycles. The summed E-state index contributed by atoms with van der Waals surface area (Å²) in [5, 5.41) is 12.8. The maximum atomic E-state index is 11.9. The van der Waals surface area contributed by atoms with Crippen LogP contribution in [0.4, 0.5) is 0 Å². The Labute approximate surface area is 119 Å². The van der Waals surface area contributed by atoms with E-state index in [-0.39, 0.29) is 5.91 Å². The molecule has 1 amide bonds. The predicted octanol–water partition coefficient (Wildman–Crippen LogP) is 1.42. The van der Waals surface area contributed by atoms with Gasteiger partial charge in [-0.25, -0.2) is 4.68 Å². The van der Waals surface area contributed by atoms with E-state index < -0.39 is 0 Å². The molecule has 8 heteroatoms. The van der Waals surface area contributed by atoms with E-state index in [2.05, 4.69) is 20.8 Å². The van der Waals surface area contributed by atoms with Gasteiger partial charge < -0.3 is 5.32 Å². The highest BCUT2D eigenvalue weighted by atomic mass is 32.2. The summed E-state index contributed by atoms with van der Waals surface area (Å²) in [6.07, 6.45) is 2.00. The number of aromatic nitrogens is 4. The number of H-pyrrole nitrogens is 1. The third kappa shape index (κ3) is 3.42. The third-order valence-electron chi connectivity index (χ3n) is 2.43. The quantitative estimate of drug-likeness (QED) is 0.644. The number of hydrogen-bond donors (Lipinski definition) is 2. The molecular formula is C11H13N5OS2. The zero-order valence-corrected chi connectivity index (χ0v) is 11.9. The van der Waals surface area contributed by atoms with Gasteiger partial charge in [-0.2, -0.15) is 17.0 Å². The first-order chi connectivity index (χ1) is 9.22. The lowest BCUT2D eigenvalue weighted by molar-refractivity contribution is 0.0956. The first-order valence-electron chi connectivity index (χ1n) is 5.60. The van der Waals surface area contributed by atoms with Crippen molar-refractivity contribution in [2.24, 2.45) is 0 Å². The Morgan fingerprint density at radius 3 is 3.11 bits per heavy atom. The van der Waals surface area contributed by atoms with Gasteiger partial charge in [0.2, 0.25) is 4.77 Å². The average molecular weight is 295 g/mol. The van der Waals surface area contributed by atoms with Crippen LogP contribution >= 0.6 is 24.0 Å². The predicted molar refractivity (Wildman–Crippen MR) is 77.3 cm³/mol. The molecule has 2 aromatic rings. The van der Waals surface area contributed by atoms with E-state index in [0.717, 1.165) is 11.4 Å². The molecule has 0 saturated heterocycles. The van der Waals surface area contributed by atoms with Gasteiger partial charge in [-0.05, 0) is 36.7 Å². The van der Waals surface area contributed by atoms with Crippen molar-refractivity contribution in [1.82, 2.24) is 25.5 Å². The number of rotatable bonds is 5. The molecule has 0 aliphatic carbocycles. The molecule has 0 bridgehead atoms. The van der Waals surface area contributed by atoms with Crippen LogP contribution in [0.2, 0.25) is 0 Å². The molecule has 0 unspecified atom stereocenters. The molecular weight excluding hydrogens is 282 g/mol. The first kappa shape index (κ1) is 13.8. The number of benzene rings is 1. The average Bonchev–Trinajstić information content (AvgIpc) is 2.85. The van der Waals surface area contributed by atoms with Gasteiger partial charge in [-0.15, -0.1) is 0 Å². The lowest BCUT2D eigenvalue weighted by atomic mass is 10.2. The molecule has 0 spiro atoms. The molecule has 19 heavy (non-hydrogen) atoms. The number of nitrogens with zero attached hydrogens (tertiary/aromatic N) is 3. The van der Waals surface area contributed by atoms with Crippen molar-refractivity contribution < 1.29 is 4.79 Å². The van der Waals surface area contributed by atoms with Crippen LogP contribution in [-0.2, 0) is 0 Å². The largest absolute Gasteiger partial charge is 0.351 e. The molecule has 0 aliphatic heterocycles. The summed E-state index contributed by atoms with van der Waals surface area (Å²) in [6.45, 7) is 0.648. The topological polar surface area (TPSA) is 75.6 Å². The number of aromatic amines is 1. The smallest absolute Gasteiger partial charge is 0.251 e. The number of thioether (sulfide) groups is 1. The van der Waals surface area contributed by atoms with E-state index in [1.165, 1.54) is 4.68 Å². The van der Waals surface area contributed by atoms with Gasteiger partial charge in [0.1, 0.15) is 0 Å². The number of nitrogens with one attached hydrogen (secondary N) is 2. The van der Waals surface area contributed by atoms with E-state index in [9.17, 15) is 4.79 Å². The van der Waals surface area contributed by atoms with Crippen molar-refractivity contribution in [3.63, 3.8) is 0 Å². The fourth-order valence-electron chi connectivity index (χ4n) is 1.52. The van der Waals surface area contributed by atoms with Gasteiger partial charge in [0.05, 0.1) is 5.69 Å². The van der Waals surface area contributed by atoms with E-state index in [1.54, 1.807) is 30.0 Å². The molecule has 0 radical (unpaired) electrons. The van der Waals surface area contributed by atoms with Crippen LogP contribution in [0.3, 0.4) is 0 Å². The molecule has 1 aromatic heterocycles. The van der Waals surface area contributed by atoms with Crippen molar-refractivity contribution in [3.8, 4) is 5.69 Å². The molecule has 2 rings (SSSR count). The Morgan fingerprint density at radius 2 is 2.42 bits per heavy atom. The Bertz CT molecular complexity index is 621. The van der Waals surface area contributed by atoms with Crippen molar-refractivity contribution in [2.45, 2.75) is 0 Å². The van der Waals surface area contributed by atoms with E-state index in [1.807, 2.05) is 12.3 Å². The lowest BCUT2D eigenvalue weighted by Gasteiger charge is -2.06. The Kier molecular flexibility index (Phi) is 4.69. The maximum Gasteiger partial charge on any atom is 0.251 e. The Morgan fingerprint density at radius 1 is 1.58 bits per heavy atom. The van der Waals surface area contributed by atoms with Gasteiger partial charge in [0.25, 0.3) is 5.91 Å². The maximum absolute atomic E-state index is 11.9. The summed E-state index contributed by atoms with van der Waals surface area (Å²) in [7, 11) is 0. The number of carbonyl (C=O) groups excluding carboxylic acids is 1. The highest BCUT2D eigenvalue weighted by Crippen LogP contribution is 2.09. The Hall–Kier alpha value is -1.67. The molecule has 0 aliphatic rings. The minimum Gasteiger partial charge on any atom is -0.351 e. The van der Waals surface area contributed by atoms with Crippen LogP contribution in [0.1, 0.15) is 10.4 Å². The van der Waals surface area contributed by atoms with Crippen molar-refractivity contribution in [1.29, 1.82) is 0 Å². The SMILES string of the molecule is CSCCNC(=O)c1cccc(-n2[nH]nnc2=S)c1. The summed E-state index contributed by atoms with van der Waals surface area (Å²) in [5.41, 5.74) is 1.31. The van der Waals surface area contributed by atoms with Crippen molar-refractivity contribution in [3.05, 3.63) is 34.6 Å². The van der Waals surface area contributed by atoms with Crippen molar-refractivity contribution >= 4 is 29.9 Å². The van der Waals surface area contributed by atoms with Crippen molar-refractivity contribution in [2.75, 3.05) is 18.6 Å². The van der Waals surface area contributed by atoms with Crippen LogP contribution in [0, 0.1) is 4.77 Å². The summed E-state index contributed by atoms with van der Waals surface area (Å²) >= 11 is 6.70. The van der Waals surface area contributed by atoms with Crippen LogP contribution < -0.4 is 5.32 Å². The second kappa shape index (κ2) is 6.48. The molecule has 6 nitrogen and oxygen atoms in total. The number of tetrazole rings is 1. The summed E-state index contributed by atoms with van der Waals surface area (Å²) in [6, 6.07) is 7.12. The molecule has 100 valence electrons. The molecule has 2 N–H and O–H groups in total. The van der Waals surface area contributed by atoms with E-state index in [0.29, 0.717) is 16.9 Å². The minimum absolute atomic E-state index is 0.102. The number of amides is 1. The molecule has 1 aromatic carbocycles. The summed E-state index contributed by atoms with van der Waals surface area (Å²) in [5.74, 6) is 0.788. The standard InChI is InChI=1S/C11H13N5OS2/c1-19-6-5-12-10(17)8-3-2-4-9(7-8)16-11(18)13-14-15-16/h2-4,7H,5-6H2,1H3,(H,12,17)(H,13,15,18). The zero-order chi connectivity index (χ0) is 13.7. The zero-order valence-electron chi connectivity index (χ0n) is 10.3. The van der Waals surface area contributed by atoms with Crippen LogP contribution in [0.25, 0.3) is 5.69 Å². The second-order valence-corrected chi connectivity index (χ2v) is 5.07. The van der Waals surface area contributed by atoms with E-state index >= 15 is 0 Å². The number of hydrogen-bond acceptors (Lipinski definition) is 5. The highest BCUT2D eigenvalue weighted by Gasteiger charge is 2.07. The van der Waals surface area contributed by atoms with Gasteiger partial charge in [-0.1, -0.05) is 16.4 Å². The first-order valence-corrected chi connectivity index (χ1v) is 7.40. The van der Waals surface area contributed by atoms with Gasteiger partial charge >= 0.3 is 0 Å². The van der Waals surface area contributed by atoms with Gasteiger partial charge in [0.15, 0.2) is 0 Å². The molecule has 0 atom stereocenters. The monoisotopic (exact) mass is 295 g/mol. The lowest BCUT2D eigenvalue weighted by Crippen LogP contribution is -2.25. The van der Waals surface area contributed by atoms with Crippen LogP contribution in [0.15, 0.2) is 24.3 Å². The van der Waals surface area contributed by atoms with Gasteiger partial charge in [-0.3, -0.25) is 4.79 Å². The fraction of sp³-hybridized carbons (Fsp3) is 0.273. The number of carbonyl (C=O) groups is 1. The minimum atomic E-state index is -0.102. The van der Waals surface area contributed by atoms with E-state index in [4.69, 9.17) is 12.2 Å². The normalized spacial score (nSPS) is 10.4. The highest BCUT2D eigenvalue weighted by molar-refractivity contribution is 7.98. The van der Waals surface area contributed by atoms with Crippen LogP contribution in [0.5, 0.6) is 0 Å². The third-order valence-corrected chi connectivity index (χ3v) is 3.31. The molecule has 1 heterocycles. The second-order valence-electron chi connectivity index (χ2n) is 3.72. The van der Waals surface area contributed by atoms with Crippen LogP contribution in [-0.4, -0.2) is 44.7 Å². The summed E-state index contributed by atoms with van der Waals surface area (Å²) < 4.78 is 1.86. The van der Waals surface area contributed by atoms with Gasteiger partial charge in [0, 0.05) is 17.9 Å². The fourth-order valence-corrected chi connectivity index (χ4v) is 2.01.